The lowest BCUT2D eigenvalue weighted by molar-refractivity contribution is -0.133. The Morgan fingerprint density at radius 3 is 2.33 bits per heavy atom. The number of benzene rings is 3. The molecule has 3 aromatic rings. The van der Waals surface area contributed by atoms with Crippen molar-refractivity contribution in [2.75, 3.05) is 45.9 Å². The molecule has 2 aliphatic heterocycles. The van der Waals surface area contributed by atoms with Gasteiger partial charge in [-0.25, -0.2) is 13.8 Å². The summed E-state index contributed by atoms with van der Waals surface area (Å²) in [7, 11) is 0. The third-order valence-electron chi connectivity index (χ3n) is 7.11. The maximum absolute atomic E-state index is 14.7. The minimum absolute atomic E-state index is 0.108. The summed E-state index contributed by atoms with van der Waals surface area (Å²) in [5.41, 5.74) is 1.40. The number of hydrogen-bond donors (Lipinski definition) is 0. The molecule has 0 bridgehead atoms. The van der Waals surface area contributed by atoms with E-state index in [4.69, 9.17) is 16.3 Å². The number of rotatable bonds is 8. The van der Waals surface area contributed by atoms with Gasteiger partial charge in [0.2, 0.25) is 0 Å². The smallest absolute Gasteiger partial charge is 0.262 e. The Kier molecular flexibility index (Phi) is 8.84. The summed E-state index contributed by atoms with van der Waals surface area (Å²) in [6, 6.07) is 18.5. The number of amides is 2. The zero-order valence-corrected chi connectivity index (χ0v) is 22.6. The predicted octanol–water partition coefficient (Wildman–Crippen LogP) is 4.77. The van der Waals surface area contributed by atoms with Crippen LogP contribution in [0.1, 0.15) is 33.9 Å². The molecule has 5 rings (SSSR count). The second-order valence-corrected chi connectivity index (χ2v) is 10.1. The van der Waals surface area contributed by atoms with E-state index in [-0.39, 0.29) is 25.1 Å². The van der Waals surface area contributed by atoms with Crippen LogP contribution >= 0.6 is 11.6 Å². The van der Waals surface area contributed by atoms with Crippen molar-refractivity contribution in [2.45, 2.75) is 12.5 Å². The molecule has 1 saturated heterocycles. The van der Waals surface area contributed by atoms with Gasteiger partial charge in [0.25, 0.3) is 11.8 Å². The maximum atomic E-state index is 14.7. The Balaban J connectivity index is 1.43. The number of carbonyl (C=O) groups excluding carboxylic acids is 2. The molecule has 7 nitrogen and oxygen atoms in total. The lowest BCUT2D eigenvalue weighted by Crippen LogP contribution is -2.46. The summed E-state index contributed by atoms with van der Waals surface area (Å²) >= 11 is 6.09. The fourth-order valence-electron chi connectivity index (χ4n) is 4.92. The number of carbonyl (C=O) groups is 2. The molecule has 0 N–H and O–H groups in total. The van der Waals surface area contributed by atoms with Crippen LogP contribution in [0.15, 0.2) is 77.9 Å². The van der Waals surface area contributed by atoms with Crippen LogP contribution in [0, 0.1) is 11.6 Å². The number of nitrogens with zero attached hydrogens (tertiary/aromatic N) is 4. The second-order valence-electron chi connectivity index (χ2n) is 9.70. The third kappa shape index (κ3) is 6.38. The van der Waals surface area contributed by atoms with Gasteiger partial charge in [-0.05, 0) is 35.9 Å². The van der Waals surface area contributed by atoms with Crippen molar-refractivity contribution in [1.82, 2.24) is 14.8 Å². The van der Waals surface area contributed by atoms with E-state index in [0.29, 0.717) is 49.1 Å². The van der Waals surface area contributed by atoms with E-state index in [1.54, 1.807) is 48.5 Å². The monoisotopic (exact) mass is 566 g/mol. The van der Waals surface area contributed by atoms with E-state index in [1.807, 2.05) is 0 Å². The Bertz CT molecular complexity index is 1400. The van der Waals surface area contributed by atoms with Crippen LogP contribution < -0.4 is 0 Å². The average molecular weight is 567 g/mol. The van der Waals surface area contributed by atoms with Gasteiger partial charge in [0.15, 0.2) is 0 Å². The average Bonchev–Trinajstić information content (AvgIpc) is 3.42. The van der Waals surface area contributed by atoms with Gasteiger partial charge >= 0.3 is 0 Å². The van der Waals surface area contributed by atoms with Crippen molar-refractivity contribution in [2.24, 2.45) is 5.10 Å². The van der Waals surface area contributed by atoms with E-state index < -0.39 is 29.5 Å². The Hall–Kier alpha value is -3.66. The quantitative estimate of drug-likeness (QED) is 0.394. The van der Waals surface area contributed by atoms with Crippen LogP contribution in [0.5, 0.6) is 0 Å². The predicted molar refractivity (Wildman–Crippen MR) is 148 cm³/mol. The molecule has 0 radical (unpaired) electrons. The van der Waals surface area contributed by atoms with Gasteiger partial charge in [0.05, 0.1) is 30.5 Å². The second kappa shape index (κ2) is 12.7. The van der Waals surface area contributed by atoms with Crippen LogP contribution in [0.4, 0.5) is 8.78 Å². The molecule has 3 aromatic carbocycles. The molecular weight excluding hydrogens is 538 g/mol. The lowest BCUT2D eigenvalue weighted by Gasteiger charge is -2.31. The number of morpholine rings is 1. The Morgan fingerprint density at radius 2 is 1.62 bits per heavy atom. The van der Waals surface area contributed by atoms with Crippen molar-refractivity contribution in [3.63, 3.8) is 0 Å². The first-order chi connectivity index (χ1) is 19.4. The summed E-state index contributed by atoms with van der Waals surface area (Å²) < 4.78 is 34.7. The van der Waals surface area contributed by atoms with Gasteiger partial charge in [-0.2, -0.15) is 5.10 Å². The topological polar surface area (TPSA) is 65.5 Å². The Labute approximate surface area is 236 Å². The summed E-state index contributed by atoms with van der Waals surface area (Å²) in [6.07, 6.45) is 0.281. The first-order valence-electron chi connectivity index (χ1n) is 13.1. The van der Waals surface area contributed by atoms with Gasteiger partial charge in [-0.1, -0.05) is 54.1 Å². The van der Waals surface area contributed by atoms with Gasteiger partial charge in [-0.3, -0.25) is 14.5 Å². The Morgan fingerprint density at radius 1 is 0.950 bits per heavy atom. The van der Waals surface area contributed by atoms with Crippen molar-refractivity contribution in [1.29, 1.82) is 0 Å². The van der Waals surface area contributed by atoms with Gasteiger partial charge in [-0.15, -0.1) is 0 Å². The van der Waals surface area contributed by atoms with Crippen LogP contribution in [-0.4, -0.2) is 78.3 Å². The fraction of sp³-hybridized carbons (Fsp3) is 0.300. The fourth-order valence-corrected chi connectivity index (χ4v) is 5.05. The highest BCUT2D eigenvalue weighted by atomic mass is 35.5. The highest BCUT2D eigenvalue weighted by Gasteiger charge is 2.35. The van der Waals surface area contributed by atoms with E-state index >= 15 is 0 Å². The minimum atomic E-state index is -0.656. The number of hydrogen-bond acceptors (Lipinski definition) is 5. The van der Waals surface area contributed by atoms with Crippen LogP contribution in [0.3, 0.4) is 0 Å². The molecule has 208 valence electrons. The highest BCUT2D eigenvalue weighted by molar-refractivity contribution is 6.30. The van der Waals surface area contributed by atoms with Crippen molar-refractivity contribution < 1.29 is 23.1 Å². The zero-order valence-electron chi connectivity index (χ0n) is 21.8. The minimum Gasteiger partial charge on any atom is -0.379 e. The summed E-state index contributed by atoms with van der Waals surface area (Å²) in [4.78, 5) is 30.8. The van der Waals surface area contributed by atoms with Crippen LogP contribution in [0.2, 0.25) is 5.02 Å². The maximum Gasteiger partial charge on any atom is 0.262 e. The van der Waals surface area contributed by atoms with E-state index in [1.165, 1.54) is 34.2 Å². The molecule has 0 spiro atoms. The van der Waals surface area contributed by atoms with Crippen LogP contribution in [0.25, 0.3) is 0 Å². The van der Waals surface area contributed by atoms with Gasteiger partial charge in [0, 0.05) is 43.2 Å². The molecule has 10 heteroatoms. The first kappa shape index (κ1) is 27.9. The lowest BCUT2D eigenvalue weighted by atomic mass is 9.98. The summed E-state index contributed by atoms with van der Waals surface area (Å²) in [6.45, 7) is 2.97. The molecule has 0 saturated carbocycles. The summed E-state index contributed by atoms with van der Waals surface area (Å²) in [5.74, 6) is -2.14. The number of halogens is 3. The highest BCUT2D eigenvalue weighted by Crippen LogP contribution is 2.34. The number of ether oxygens (including phenoxy) is 1. The van der Waals surface area contributed by atoms with Crippen molar-refractivity contribution >= 4 is 29.1 Å². The van der Waals surface area contributed by atoms with Crippen molar-refractivity contribution in [3.8, 4) is 0 Å². The van der Waals surface area contributed by atoms with Crippen LogP contribution in [-0.2, 0) is 9.53 Å². The molecule has 1 atom stereocenters. The van der Waals surface area contributed by atoms with Gasteiger partial charge < -0.3 is 9.64 Å². The molecule has 1 fully saturated rings. The van der Waals surface area contributed by atoms with Gasteiger partial charge in [0.1, 0.15) is 18.2 Å². The SMILES string of the molecule is O=C(c1ccccc1F)N(CCN1CCOCC1)CC(=O)N1N=C(c2ccccc2F)C[C@@H]1c1ccc(Cl)cc1. The molecule has 2 amide bonds. The third-order valence-corrected chi connectivity index (χ3v) is 7.36. The largest absolute Gasteiger partial charge is 0.379 e. The van der Waals surface area contributed by atoms with E-state index in [0.717, 1.165) is 5.56 Å². The molecular formula is C30H29ClF2N4O3. The van der Waals surface area contributed by atoms with Crippen molar-refractivity contribution in [3.05, 3.63) is 106 Å². The standard InChI is InChI=1S/C30H29ClF2N4O3/c31-22-11-9-21(10-12-22)28-19-27(23-5-1-3-7-25(23)32)34-37(28)29(38)20-36(14-13-35-15-17-40-18-16-35)30(39)24-6-2-4-8-26(24)33/h1-12,28H,13-20H2/t28-/m1/s1. The molecule has 0 aromatic heterocycles. The normalized spacial score (nSPS) is 17.5. The van der Waals surface area contributed by atoms with E-state index in [9.17, 15) is 18.4 Å². The molecule has 2 aliphatic rings. The van der Waals surface area contributed by atoms with E-state index in [2.05, 4.69) is 10.0 Å². The zero-order chi connectivity index (χ0) is 28.1. The molecule has 40 heavy (non-hydrogen) atoms. The molecule has 2 heterocycles. The summed E-state index contributed by atoms with van der Waals surface area (Å²) in [5, 5.41) is 6.39. The molecule has 0 unspecified atom stereocenters. The number of hydrazone groups is 1. The molecule has 0 aliphatic carbocycles. The first-order valence-corrected chi connectivity index (χ1v) is 13.5.